The van der Waals surface area contributed by atoms with E-state index in [4.69, 9.17) is 5.73 Å². The molecule has 1 aromatic carbocycles. The summed E-state index contributed by atoms with van der Waals surface area (Å²) in [5.74, 6) is 0. The molecule has 0 amide bonds. The Hall–Kier alpha value is -2.22. The van der Waals surface area contributed by atoms with E-state index in [1.165, 1.54) is 6.07 Å². The van der Waals surface area contributed by atoms with Crippen LogP contribution in [-0.4, -0.2) is 34.4 Å². The smallest absolute Gasteiger partial charge is 0.300 e. The molecule has 1 atom stereocenters. The predicted octanol–water partition coefficient (Wildman–Crippen LogP) is 1.06. The Bertz CT molecular complexity index is 626. The van der Waals surface area contributed by atoms with E-state index in [0.29, 0.717) is 12.1 Å². The second kappa shape index (κ2) is 4.47. The molecule has 2 N–H and O–H groups in total. The summed E-state index contributed by atoms with van der Waals surface area (Å²) in [7, 11) is 0. The molecule has 1 aromatic heterocycles. The number of nitro benzene ring substituents is 1. The Kier molecular flexibility index (Phi) is 2.79. The molecule has 8 nitrogen and oxygen atoms in total. The number of fused-ring (bicyclic) bond motifs is 1. The highest BCUT2D eigenvalue weighted by Gasteiger charge is 2.24. The van der Waals surface area contributed by atoms with Crippen molar-refractivity contribution in [2.45, 2.75) is 18.9 Å². The highest BCUT2D eigenvalue weighted by molar-refractivity contribution is 5.93. The van der Waals surface area contributed by atoms with Gasteiger partial charge in [-0.2, -0.15) is 0 Å². The summed E-state index contributed by atoms with van der Waals surface area (Å²) >= 11 is 0. The second-order valence-electron chi connectivity index (χ2n) is 4.67. The number of piperidine rings is 1. The summed E-state index contributed by atoms with van der Waals surface area (Å²) in [6.45, 7) is 1.56. The maximum absolute atomic E-state index is 10.9. The van der Waals surface area contributed by atoms with E-state index in [2.05, 4.69) is 19.8 Å². The van der Waals surface area contributed by atoms with Crippen molar-refractivity contribution in [1.82, 2.24) is 10.3 Å². The van der Waals surface area contributed by atoms with Crippen molar-refractivity contribution in [3.63, 3.8) is 0 Å². The molecule has 3 rings (SSSR count). The highest BCUT2D eigenvalue weighted by atomic mass is 16.6. The number of hydrogen-bond donors (Lipinski definition) is 1. The van der Waals surface area contributed by atoms with Gasteiger partial charge in [0.05, 0.1) is 10.6 Å². The fraction of sp³-hybridized carbons (Fsp3) is 0.455. The quantitative estimate of drug-likeness (QED) is 0.636. The number of anilines is 1. The molecule has 1 saturated heterocycles. The number of non-ortho nitro benzene ring substituents is 1. The lowest BCUT2D eigenvalue weighted by Crippen LogP contribution is -2.42. The van der Waals surface area contributed by atoms with Crippen LogP contribution < -0.4 is 10.6 Å². The Balaban J connectivity index is 2.07. The highest BCUT2D eigenvalue weighted by Crippen LogP contribution is 2.32. The molecular formula is C11H13N5O3. The SMILES string of the molecule is N[C@@H]1CCCN(c2ccc([N+](=O)[O-])c3nonc23)C1. The van der Waals surface area contributed by atoms with Crippen molar-refractivity contribution in [2.75, 3.05) is 18.0 Å². The number of nitro groups is 1. The topological polar surface area (TPSA) is 111 Å². The fourth-order valence-corrected chi connectivity index (χ4v) is 2.47. The van der Waals surface area contributed by atoms with Crippen molar-refractivity contribution in [3.05, 3.63) is 22.2 Å². The van der Waals surface area contributed by atoms with Gasteiger partial charge in [-0.05, 0) is 29.2 Å². The Morgan fingerprint density at radius 3 is 2.95 bits per heavy atom. The molecule has 1 aliphatic heterocycles. The summed E-state index contributed by atoms with van der Waals surface area (Å²) in [6.07, 6.45) is 1.98. The van der Waals surface area contributed by atoms with Crippen molar-refractivity contribution in [2.24, 2.45) is 5.73 Å². The monoisotopic (exact) mass is 263 g/mol. The van der Waals surface area contributed by atoms with Crippen LogP contribution in [-0.2, 0) is 0 Å². The van der Waals surface area contributed by atoms with Crippen LogP contribution in [0.2, 0.25) is 0 Å². The van der Waals surface area contributed by atoms with Gasteiger partial charge in [0.2, 0.25) is 5.52 Å². The minimum atomic E-state index is -0.488. The average molecular weight is 263 g/mol. The molecule has 2 aromatic rings. The number of hydrogen-bond acceptors (Lipinski definition) is 7. The first-order valence-electron chi connectivity index (χ1n) is 6.07. The van der Waals surface area contributed by atoms with Crippen LogP contribution >= 0.6 is 0 Å². The van der Waals surface area contributed by atoms with Crippen LogP contribution in [0.25, 0.3) is 11.0 Å². The molecule has 100 valence electrons. The number of benzene rings is 1. The van der Waals surface area contributed by atoms with E-state index in [0.717, 1.165) is 25.1 Å². The van der Waals surface area contributed by atoms with E-state index in [1.54, 1.807) is 6.07 Å². The Labute approximate surface area is 108 Å². The predicted molar refractivity (Wildman–Crippen MR) is 67.9 cm³/mol. The summed E-state index contributed by atoms with van der Waals surface area (Å²) in [5.41, 5.74) is 7.25. The van der Waals surface area contributed by atoms with E-state index in [1.807, 2.05) is 0 Å². The average Bonchev–Trinajstić information content (AvgIpc) is 2.86. The zero-order valence-electron chi connectivity index (χ0n) is 10.2. The first-order valence-corrected chi connectivity index (χ1v) is 6.07. The molecule has 19 heavy (non-hydrogen) atoms. The number of nitrogens with zero attached hydrogens (tertiary/aromatic N) is 4. The molecule has 2 heterocycles. The lowest BCUT2D eigenvalue weighted by Gasteiger charge is -2.32. The molecule has 0 spiro atoms. The molecule has 1 aliphatic rings. The van der Waals surface area contributed by atoms with Gasteiger partial charge in [0, 0.05) is 25.2 Å². The Morgan fingerprint density at radius 2 is 2.21 bits per heavy atom. The van der Waals surface area contributed by atoms with Crippen molar-refractivity contribution in [1.29, 1.82) is 0 Å². The Morgan fingerprint density at radius 1 is 1.42 bits per heavy atom. The van der Waals surface area contributed by atoms with Crippen molar-refractivity contribution in [3.8, 4) is 0 Å². The molecule has 0 saturated carbocycles. The zero-order chi connectivity index (χ0) is 13.4. The third-order valence-corrected chi connectivity index (χ3v) is 3.37. The summed E-state index contributed by atoms with van der Waals surface area (Å²) in [4.78, 5) is 12.5. The van der Waals surface area contributed by atoms with Crippen LogP contribution in [0.1, 0.15) is 12.8 Å². The molecule has 0 bridgehead atoms. The maximum Gasteiger partial charge on any atom is 0.300 e. The lowest BCUT2D eigenvalue weighted by atomic mass is 10.1. The number of rotatable bonds is 2. The molecule has 0 radical (unpaired) electrons. The molecule has 0 unspecified atom stereocenters. The van der Waals surface area contributed by atoms with Crippen LogP contribution in [0.5, 0.6) is 0 Å². The molecule has 1 fully saturated rings. The summed E-state index contributed by atoms with van der Waals surface area (Å²) in [6, 6.07) is 3.23. The van der Waals surface area contributed by atoms with Gasteiger partial charge in [-0.25, -0.2) is 4.63 Å². The molecule has 8 heteroatoms. The van der Waals surface area contributed by atoms with Crippen LogP contribution in [0.3, 0.4) is 0 Å². The van der Waals surface area contributed by atoms with E-state index >= 15 is 0 Å². The van der Waals surface area contributed by atoms with E-state index in [9.17, 15) is 10.1 Å². The largest absolute Gasteiger partial charge is 0.368 e. The normalized spacial score (nSPS) is 19.8. The van der Waals surface area contributed by atoms with E-state index < -0.39 is 4.92 Å². The van der Waals surface area contributed by atoms with Gasteiger partial charge in [0.1, 0.15) is 0 Å². The fourth-order valence-electron chi connectivity index (χ4n) is 2.47. The lowest BCUT2D eigenvalue weighted by molar-refractivity contribution is -0.383. The van der Waals surface area contributed by atoms with Gasteiger partial charge in [-0.15, -0.1) is 0 Å². The van der Waals surface area contributed by atoms with Crippen LogP contribution in [0.15, 0.2) is 16.8 Å². The van der Waals surface area contributed by atoms with Crippen molar-refractivity contribution < 1.29 is 9.55 Å². The minimum Gasteiger partial charge on any atom is -0.368 e. The van der Waals surface area contributed by atoms with Crippen LogP contribution in [0, 0.1) is 10.1 Å². The first kappa shape index (κ1) is 11.8. The zero-order valence-corrected chi connectivity index (χ0v) is 10.2. The van der Waals surface area contributed by atoms with Gasteiger partial charge in [-0.1, -0.05) is 0 Å². The van der Waals surface area contributed by atoms with Gasteiger partial charge in [0.25, 0.3) is 0 Å². The first-order chi connectivity index (χ1) is 9.16. The summed E-state index contributed by atoms with van der Waals surface area (Å²) in [5, 5.41) is 18.3. The summed E-state index contributed by atoms with van der Waals surface area (Å²) < 4.78 is 4.65. The van der Waals surface area contributed by atoms with E-state index in [-0.39, 0.29) is 17.2 Å². The molecule has 0 aliphatic carbocycles. The van der Waals surface area contributed by atoms with Gasteiger partial charge < -0.3 is 10.6 Å². The number of aromatic nitrogens is 2. The minimum absolute atomic E-state index is 0.0960. The van der Waals surface area contributed by atoms with Gasteiger partial charge >= 0.3 is 5.69 Å². The standard InChI is InChI=1S/C11H13N5O3/c12-7-2-1-5-15(6-7)8-3-4-9(16(17)18)11-10(8)13-19-14-11/h3-4,7H,1-2,5-6,12H2/t7-/m1/s1. The van der Waals surface area contributed by atoms with Crippen molar-refractivity contribution >= 4 is 22.4 Å². The molecular weight excluding hydrogens is 250 g/mol. The third-order valence-electron chi connectivity index (χ3n) is 3.37. The van der Waals surface area contributed by atoms with Gasteiger partial charge in [0.15, 0.2) is 5.52 Å². The maximum atomic E-state index is 10.9. The van der Waals surface area contributed by atoms with Gasteiger partial charge in [-0.3, -0.25) is 10.1 Å². The second-order valence-corrected chi connectivity index (χ2v) is 4.67. The number of nitrogens with two attached hydrogens (primary N) is 1. The van der Waals surface area contributed by atoms with Crippen LogP contribution in [0.4, 0.5) is 11.4 Å². The third kappa shape index (κ3) is 1.99.